The molecule has 0 aromatic heterocycles. The van der Waals surface area contributed by atoms with Crippen molar-refractivity contribution in [2.45, 2.75) is 380 Å². The Morgan fingerprint density at radius 2 is 0.517 bits per heavy atom. The van der Waals surface area contributed by atoms with Gasteiger partial charge in [-0.15, -0.1) is 0 Å². The molecule has 0 radical (unpaired) electrons. The van der Waals surface area contributed by atoms with Gasteiger partial charge in [-0.2, -0.15) is 0 Å². The molecular formula is C70H136O17P2. The zero-order valence-corrected chi connectivity index (χ0v) is 59.4. The van der Waals surface area contributed by atoms with E-state index in [1.165, 1.54) is 173 Å². The van der Waals surface area contributed by atoms with Crippen molar-refractivity contribution >= 4 is 39.5 Å². The van der Waals surface area contributed by atoms with Gasteiger partial charge in [-0.25, -0.2) is 9.13 Å². The van der Waals surface area contributed by atoms with Crippen LogP contribution in [0.2, 0.25) is 0 Å². The third kappa shape index (κ3) is 64.6. The quantitative estimate of drug-likeness (QED) is 0.0222. The fourth-order valence-corrected chi connectivity index (χ4v) is 12.2. The van der Waals surface area contributed by atoms with E-state index in [0.717, 1.165) is 109 Å². The number of aliphatic hydroxyl groups is 1. The Hall–Kier alpha value is -1.94. The Kier molecular flexibility index (Phi) is 62.1. The van der Waals surface area contributed by atoms with Crippen LogP contribution >= 0.6 is 15.6 Å². The molecule has 0 aliphatic rings. The summed E-state index contributed by atoms with van der Waals surface area (Å²) in [6.07, 6.45) is 50.1. The van der Waals surface area contributed by atoms with E-state index in [2.05, 4.69) is 34.6 Å². The Balaban J connectivity index is 5.18. The lowest BCUT2D eigenvalue weighted by Gasteiger charge is -2.21. The van der Waals surface area contributed by atoms with E-state index in [9.17, 15) is 43.2 Å². The minimum atomic E-state index is -4.95. The number of esters is 4. The van der Waals surface area contributed by atoms with Gasteiger partial charge in [-0.3, -0.25) is 37.3 Å². The van der Waals surface area contributed by atoms with E-state index in [1.807, 2.05) is 0 Å². The van der Waals surface area contributed by atoms with Crippen molar-refractivity contribution in [3.05, 3.63) is 0 Å². The number of carbonyl (C=O) groups excluding carboxylic acids is 4. The van der Waals surface area contributed by atoms with Gasteiger partial charge < -0.3 is 33.8 Å². The summed E-state index contributed by atoms with van der Waals surface area (Å²) in [6.45, 7) is 7.21. The first kappa shape index (κ1) is 87.1. The standard InChI is InChI=1S/C70H136O17P2/c1-6-9-12-15-18-20-21-22-23-24-25-28-32-36-41-46-51-56-70(75)87-66(60-81-68(73)54-49-44-39-35-31-29-26-27-30-34-38-42-47-52-63(4)5)62-85-89(78,79)83-58-64(71)57-82-88(76,77)84-61-65(59-80-67(72)53-48-43-37-17-14-11-8-3)86-69(74)55-50-45-40-33-19-16-13-10-7-2/h63-66,71H,6-62H2,1-5H3,(H,76,77)(H,78,79)/t64-,65+,66+/m0/s1. The Morgan fingerprint density at radius 1 is 0.303 bits per heavy atom. The molecule has 0 aromatic carbocycles. The maximum atomic E-state index is 13.0. The number of rotatable bonds is 70. The van der Waals surface area contributed by atoms with E-state index in [-0.39, 0.29) is 25.7 Å². The molecule has 0 saturated carbocycles. The van der Waals surface area contributed by atoms with Crippen LogP contribution < -0.4 is 0 Å². The second-order valence-electron chi connectivity index (χ2n) is 25.7. The van der Waals surface area contributed by atoms with E-state index in [4.69, 9.17) is 37.0 Å². The Bertz CT molecular complexity index is 1720. The van der Waals surface area contributed by atoms with Gasteiger partial charge in [0.15, 0.2) is 12.2 Å². The van der Waals surface area contributed by atoms with Crippen molar-refractivity contribution in [3.63, 3.8) is 0 Å². The second-order valence-corrected chi connectivity index (χ2v) is 28.7. The van der Waals surface area contributed by atoms with Crippen LogP contribution in [0.1, 0.15) is 362 Å². The van der Waals surface area contributed by atoms with Crippen LogP contribution in [0.5, 0.6) is 0 Å². The first-order valence-electron chi connectivity index (χ1n) is 36.6. The molecule has 0 spiro atoms. The van der Waals surface area contributed by atoms with Crippen LogP contribution in [0.15, 0.2) is 0 Å². The molecule has 0 heterocycles. The van der Waals surface area contributed by atoms with E-state index in [0.29, 0.717) is 25.7 Å². The minimum Gasteiger partial charge on any atom is -0.462 e. The summed E-state index contributed by atoms with van der Waals surface area (Å²) in [4.78, 5) is 72.3. The fraction of sp³-hybridized carbons (Fsp3) is 0.943. The summed E-state index contributed by atoms with van der Waals surface area (Å²) >= 11 is 0. The second kappa shape index (κ2) is 63.5. The molecule has 0 rings (SSSR count). The van der Waals surface area contributed by atoms with Crippen molar-refractivity contribution in [2.24, 2.45) is 5.92 Å². The van der Waals surface area contributed by atoms with Crippen LogP contribution in [0.4, 0.5) is 0 Å². The average Bonchev–Trinajstić information content (AvgIpc) is 3.52. The summed E-state index contributed by atoms with van der Waals surface area (Å²) in [7, 11) is -9.89. The maximum absolute atomic E-state index is 13.0. The highest BCUT2D eigenvalue weighted by atomic mass is 31.2. The van der Waals surface area contributed by atoms with Crippen LogP contribution in [-0.2, 0) is 65.4 Å². The summed E-state index contributed by atoms with van der Waals surface area (Å²) in [5, 5.41) is 10.6. The number of ether oxygens (including phenoxy) is 4. The van der Waals surface area contributed by atoms with Gasteiger partial charge in [0.1, 0.15) is 19.3 Å². The topological polar surface area (TPSA) is 237 Å². The highest BCUT2D eigenvalue weighted by Gasteiger charge is 2.30. The summed E-state index contributed by atoms with van der Waals surface area (Å²) in [5.41, 5.74) is 0. The van der Waals surface area contributed by atoms with Crippen LogP contribution in [0, 0.1) is 5.92 Å². The van der Waals surface area contributed by atoms with Gasteiger partial charge in [0.05, 0.1) is 26.4 Å². The molecule has 0 bridgehead atoms. The van der Waals surface area contributed by atoms with E-state index in [1.54, 1.807) is 0 Å². The van der Waals surface area contributed by atoms with Gasteiger partial charge in [-0.05, 0) is 31.6 Å². The molecule has 0 fully saturated rings. The summed E-state index contributed by atoms with van der Waals surface area (Å²) in [5.74, 6) is -1.34. The lowest BCUT2D eigenvalue weighted by molar-refractivity contribution is -0.161. The highest BCUT2D eigenvalue weighted by Crippen LogP contribution is 2.45. The predicted octanol–water partition coefficient (Wildman–Crippen LogP) is 20.1. The molecule has 0 aliphatic carbocycles. The first-order chi connectivity index (χ1) is 43.0. The molecule has 89 heavy (non-hydrogen) atoms. The molecule has 19 heteroatoms. The SMILES string of the molecule is CCCCCCCCCCCCCCCCCCCC(=O)O[C@H](COC(=O)CCCCCCCCCCCCCCCC(C)C)COP(=O)(O)OC[C@@H](O)COP(=O)(O)OC[C@@H](COC(=O)CCCCCCCCC)OC(=O)CCCCCCCCCCC. The molecule has 5 atom stereocenters. The Labute approximate surface area is 543 Å². The Morgan fingerprint density at radius 3 is 0.764 bits per heavy atom. The van der Waals surface area contributed by atoms with Gasteiger partial charge in [0.2, 0.25) is 0 Å². The molecule has 0 amide bonds. The van der Waals surface area contributed by atoms with Gasteiger partial charge in [0.25, 0.3) is 0 Å². The fourth-order valence-electron chi connectivity index (χ4n) is 10.6. The van der Waals surface area contributed by atoms with E-state index >= 15 is 0 Å². The molecule has 2 unspecified atom stereocenters. The molecule has 17 nitrogen and oxygen atoms in total. The summed E-state index contributed by atoms with van der Waals surface area (Å²) in [6, 6.07) is 0. The molecule has 0 aromatic rings. The number of hydrogen-bond acceptors (Lipinski definition) is 15. The van der Waals surface area contributed by atoms with Gasteiger partial charge in [-0.1, -0.05) is 311 Å². The lowest BCUT2D eigenvalue weighted by Crippen LogP contribution is -2.30. The molecule has 0 saturated heterocycles. The number of unbranched alkanes of at least 4 members (excludes halogenated alkanes) is 42. The van der Waals surface area contributed by atoms with Crippen LogP contribution in [-0.4, -0.2) is 96.7 Å². The number of hydrogen-bond donors (Lipinski definition) is 3. The molecule has 528 valence electrons. The van der Waals surface area contributed by atoms with Crippen molar-refractivity contribution in [1.29, 1.82) is 0 Å². The molecule has 0 aliphatic heterocycles. The van der Waals surface area contributed by atoms with Crippen LogP contribution in [0.3, 0.4) is 0 Å². The van der Waals surface area contributed by atoms with Crippen molar-refractivity contribution < 1.29 is 80.2 Å². The molecular weight excluding hydrogens is 1170 g/mol. The maximum Gasteiger partial charge on any atom is 0.472 e. The van der Waals surface area contributed by atoms with Crippen LogP contribution in [0.25, 0.3) is 0 Å². The molecule has 3 N–H and O–H groups in total. The third-order valence-electron chi connectivity index (χ3n) is 16.3. The van der Waals surface area contributed by atoms with Gasteiger partial charge in [0, 0.05) is 25.7 Å². The third-order valence-corrected chi connectivity index (χ3v) is 18.2. The minimum absolute atomic E-state index is 0.106. The zero-order chi connectivity index (χ0) is 65.6. The lowest BCUT2D eigenvalue weighted by atomic mass is 10.0. The van der Waals surface area contributed by atoms with Crippen molar-refractivity contribution in [3.8, 4) is 0 Å². The smallest absolute Gasteiger partial charge is 0.462 e. The largest absolute Gasteiger partial charge is 0.472 e. The first-order valence-corrected chi connectivity index (χ1v) is 39.6. The van der Waals surface area contributed by atoms with E-state index < -0.39 is 97.5 Å². The number of phosphoric acid groups is 2. The van der Waals surface area contributed by atoms with Crippen molar-refractivity contribution in [2.75, 3.05) is 39.6 Å². The average molecular weight is 1310 g/mol. The highest BCUT2D eigenvalue weighted by molar-refractivity contribution is 7.47. The normalized spacial score (nSPS) is 14.1. The monoisotopic (exact) mass is 1310 g/mol. The summed E-state index contributed by atoms with van der Waals surface area (Å²) < 4.78 is 68.1. The number of carbonyl (C=O) groups is 4. The van der Waals surface area contributed by atoms with Gasteiger partial charge >= 0.3 is 39.5 Å². The number of aliphatic hydroxyl groups excluding tert-OH is 1. The number of phosphoric ester groups is 2. The van der Waals surface area contributed by atoms with Crippen molar-refractivity contribution in [1.82, 2.24) is 0 Å². The predicted molar refractivity (Wildman–Crippen MR) is 358 cm³/mol. The zero-order valence-electron chi connectivity index (χ0n) is 57.6.